The highest BCUT2D eigenvalue weighted by molar-refractivity contribution is 5.35. The third kappa shape index (κ3) is 3.35. The molecule has 0 heterocycles. The van der Waals surface area contributed by atoms with Crippen LogP contribution in [0.3, 0.4) is 0 Å². The van der Waals surface area contributed by atoms with Crippen molar-refractivity contribution < 1.29 is 4.74 Å². The van der Waals surface area contributed by atoms with Crippen LogP contribution in [0.2, 0.25) is 0 Å². The molecule has 1 unspecified atom stereocenters. The van der Waals surface area contributed by atoms with Gasteiger partial charge in [0.2, 0.25) is 0 Å². The van der Waals surface area contributed by atoms with Gasteiger partial charge in [-0.25, -0.2) is 0 Å². The highest BCUT2D eigenvalue weighted by Crippen LogP contribution is 2.24. The molecule has 0 aliphatic rings. The van der Waals surface area contributed by atoms with Gasteiger partial charge in [0.05, 0.1) is 19.1 Å². The minimum atomic E-state index is -0.142. The van der Waals surface area contributed by atoms with Gasteiger partial charge in [-0.3, -0.25) is 0 Å². The van der Waals surface area contributed by atoms with Crippen molar-refractivity contribution in [1.82, 2.24) is 0 Å². The number of ether oxygens (including phenoxy) is 1. The molecular formula is C17H17NO. The van der Waals surface area contributed by atoms with E-state index in [9.17, 15) is 5.26 Å². The Morgan fingerprint density at radius 1 is 1.16 bits per heavy atom. The second kappa shape index (κ2) is 6.06. The van der Waals surface area contributed by atoms with Gasteiger partial charge in [0.25, 0.3) is 0 Å². The molecule has 2 nitrogen and oxygen atoms in total. The van der Waals surface area contributed by atoms with E-state index in [1.807, 2.05) is 30.3 Å². The van der Waals surface area contributed by atoms with Gasteiger partial charge in [-0.1, -0.05) is 42.0 Å². The zero-order chi connectivity index (χ0) is 13.7. The molecular weight excluding hydrogens is 234 g/mol. The summed E-state index contributed by atoms with van der Waals surface area (Å²) in [6.45, 7) is 2.07. The maximum Gasteiger partial charge on any atom is 0.119 e. The standard InChI is InChI=1S/C17H17NO/c1-13-5-3-6-14(9-13)10-16(12-18)15-7-4-8-17(11-15)19-2/h3-9,11,16H,10H2,1-2H3. The summed E-state index contributed by atoms with van der Waals surface area (Å²) in [7, 11) is 1.64. The van der Waals surface area contributed by atoms with Gasteiger partial charge >= 0.3 is 0 Å². The minimum Gasteiger partial charge on any atom is -0.497 e. The van der Waals surface area contributed by atoms with E-state index in [1.165, 1.54) is 11.1 Å². The molecule has 0 fully saturated rings. The van der Waals surface area contributed by atoms with E-state index in [0.717, 1.165) is 17.7 Å². The monoisotopic (exact) mass is 251 g/mol. The Balaban J connectivity index is 2.23. The van der Waals surface area contributed by atoms with Gasteiger partial charge in [0.1, 0.15) is 5.75 Å². The molecule has 0 bridgehead atoms. The van der Waals surface area contributed by atoms with E-state index < -0.39 is 0 Å². The molecule has 2 aromatic carbocycles. The van der Waals surface area contributed by atoms with Crippen molar-refractivity contribution in [2.45, 2.75) is 19.3 Å². The molecule has 0 saturated carbocycles. The van der Waals surface area contributed by atoms with Crippen LogP contribution in [0.1, 0.15) is 22.6 Å². The number of benzene rings is 2. The minimum absolute atomic E-state index is 0.142. The summed E-state index contributed by atoms with van der Waals surface area (Å²) >= 11 is 0. The predicted molar refractivity (Wildman–Crippen MR) is 76.2 cm³/mol. The van der Waals surface area contributed by atoms with Crippen LogP contribution in [0.25, 0.3) is 0 Å². The summed E-state index contributed by atoms with van der Waals surface area (Å²) in [4.78, 5) is 0. The molecule has 2 rings (SSSR count). The van der Waals surface area contributed by atoms with Crippen LogP contribution in [0, 0.1) is 18.3 Å². The van der Waals surface area contributed by atoms with Gasteiger partial charge in [0, 0.05) is 0 Å². The lowest BCUT2D eigenvalue weighted by Gasteiger charge is -2.11. The highest BCUT2D eigenvalue weighted by Gasteiger charge is 2.12. The Hall–Kier alpha value is -2.27. The van der Waals surface area contributed by atoms with Crippen LogP contribution in [0.5, 0.6) is 5.75 Å². The van der Waals surface area contributed by atoms with Gasteiger partial charge in [-0.2, -0.15) is 5.26 Å². The summed E-state index contributed by atoms with van der Waals surface area (Å²) in [6, 6.07) is 18.4. The van der Waals surface area contributed by atoms with E-state index in [1.54, 1.807) is 7.11 Å². The molecule has 1 atom stereocenters. The fourth-order valence-electron chi connectivity index (χ4n) is 2.17. The van der Waals surface area contributed by atoms with Crippen molar-refractivity contribution >= 4 is 0 Å². The molecule has 2 aromatic rings. The summed E-state index contributed by atoms with van der Waals surface area (Å²) in [5, 5.41) is 9.38. The van der Waals surface area contributed by atoms with Crippen LogP contribution in [0.4, 0.5) is 0 Å². The fourth-order valence-corrected chi connectivity index (χ4v) is 2.17. The van der Waals surface area contributed by atoms with Crippen molar-refractivity contribution in [3.8, 4) is 11.8 Å². The lowest BCUT2D eigenvalue weighted by Crippen LogP contribution is -2.01. The van der Waals surface area contributed by atoms with Gasteiger partial charge < -0.3 is 4.74 Å². The number of rotatable bonds is 4. The van der Waals surface area contributed by atoms with E-state index in [4.69, 9.17) is 4.74 Å². The van der Waals surface area contributed by atoms with Crippen LogP contribution < -0.4 is 4.74 Å². The first-order valence-corrected chi connectivity index (χ1v) is 6.32. The van der Waals surface area contributed by atoms with Crippen molar-refractivity contribution in [3.05, 3.63) is 65.2 Å². The molecule has 0 N–H and O–H groups in total. The molecule has 0 spiro atoms. The zero-order valence-corrected chi connectivity index (χ0v) is 11.3. The van der Waals surface area contributed by atoms with E-state index in [2.05, 4.69) is 31.2 Å². The Labute approximate surface area is 114 Å². The third-order valence-corrected chi connectivity index (χ3v) is 3.17. The van der Waals surface area contributed by atoms with Crippen molar-refractivity contribution in [1.29, 1.82) is 5.26 Å². The Morgan fingerprint density at radius 3 is 2.63 bits per heavy atom. The summed E-state index contributed by atoms with van der Waals surface area (Å²) in [5.41, 5.74) is 3.41. The first-order valence-electron chi connectivity index (χ1n) is 6.32. The average Bonchev–Trinajstić information content (AvgIpc) is 2.45. The largest absolute Gasteiger partial charge is 0.497 e. The number of nitriles is 1. The van der Waals surface area contributed by atoms with Crippen LogP contribution in [0.15, 0.2) is 48.5 Å². The van der Waals surface area contributed by atoms with Crippen molar-refractivity contribution in [2.75, 3.05) is 7.11 Å². The van der Waals surface area contributed by atoms with Gasteiger partial charge in [0.15, 0.2) is 0 Å². The summed E-state index contributed by atoms with van der Waals surface area (Å²) in [6.07, 6.45) is 0.728. The second-order valence-electron chi connectivity index (χ2n) is 4.65. The van der Waals surface area contributed by atoms with E-state index in [-0.39, 0.29) is 5.92 Å². The Bertz CT molecular complexity index is 598. The molecule has 0 aromatic heterocycles. The molecule has 0 amide bonds. The third-order valence-electron chi connectivity index (χ3n) is 3.17. The lowest BCUT2D eigenvalue weighted by molar-refractivity contribution is 0.414. The highest BCUT2D eigenvalue weighted by atomic mass is 16.5. The molecule has 0 saturated heterocycles. The molecule has 2 heteroatoms. The first-order chi connectivity index (χ1) is 9.22. The van der Waals surface area contributed by atoms with Gasteiger partial charge in [-0.05, 0) is 36.6 Å². The van der Waals surface area contributed by atoms with Crippen molar-refractivity contribution in [3.63, 3.8) is 0 Å². The fraction of sp³-hybridized carbons (Fsp3) is 0.235. The molecule has 0 aliphatic carbocycles. The maximum absolute atomic E-state index is 9.38. The number of hydrogen-bond donors (Lipinski definition) is 0. The SMILES string of the molecule is COc1cccc(C(C#N)Cc2cccc(C)c2)c1. The lowest BCUT2D eigenvalue weighted by atomic mass is 9.92. The molecule has 96 valence electrons. The van der Waals surface area contributed by atoms with Crippen LogP contribution in [-0.2, 0) is 6.42 Å². The van der Waals surface area contributed by atoms with E-state index >= 15 is 0 Å². The Kier molecular flexibility index (Phi) is 4.20. The van der Waals surface area contributed by atoms with Crippen LogP contribution in [-0.4, -0.2) is 7.11 Å². The summed E-state index contributed by atoms with van der Waals surface area (Å²) < 4.78 is 5.21. The van der Waals surface area contributed by atoms with Crippen molar-refractivity contribution in [2.24, 2.45) is 0 Å². The van der Waals surface area contributed by atoms with E-state index in [0.29, 0.717) is 0 Å². The molecule has 0 radical (unpaired) electrons. The normalized spacial score (nSPS) is 11.6. The number of hydrogen-bond acceptors (Lipinski definition) is 2. The number of methoxy groups -OCH3 is 1. The van der Waals surface area contributed by atoms with Gasteiger partial charge in [-0.15, -0.1) is 0 Å². The number of aryl methyl sites for hydroxylation is 1. The second-order valence-corrected chi connectivity index (χ2v) is 4.65. The zero-order valence-electron chi connectivity index (χ0n) is 11.3. The average molecular weight is 251 g/mol. The first kappa shape index (κ1) is 13.2. The Morgan fingerprint density at radius 2 is 1.95 bits per heavy atom. The quantitative estimate of drug-likeness (QED) is 0.826. The summed E-state index contributed by atoms with van der Waals surface area (Å²) in [5.74, 6) is 0.652. The molecule has 19 heavy (non-hydrogen) atoms. The molecule has 0 aliphatic heterocycles. The van der Waals surface area contributed by atoms with Crippen LogP contribution >= 0.6 is 0 Å². The number of nitrogens with zero attached hydrogens (tertiary/aromatic N) is 1. The smallest absolute Gasteiger partial charge is 0.119 e. The predicted octanol–water partition coefficient (Wildman–Crippen LogP) is 3.85. The maximum atomic E-state index is 9.38. The topological polar surface area (TPSA) is 33.0 Å².